The van der Waals surface area contributed by atoms with Gasteiger partial charge in [0.2, 0.25) is 0 Å². The number of halogens is 2. The molecule has 3 aromatic rings. The van der Waals surface area contributed by atoms with E-state index in [0.29, 0.717) is 10.8 Å². The van der Waals surface area contributed by atoms with Crippen molar-refractivity contribution in [2.24, 2.45) is 5.73 Å². The Morgan fingerprint density at radius 2 is 2.11 bits per heavy atom. The average molecular weight is 338 g/mol. The second-order valence-electron chi connectivity index (χ2n) is 4.18. The van der Waals surface area contributed by atoms with E-state index in [1.165, 1.54) is 0 Å². The molecule has 0 saturated heterocycles. The molecule has 0 radical (unpaired) electrons. The molecule has 0 aliphatic heterocycles. The first-order valence-electron chi connectivity index (χ1n) is 5.70. The van der Waals surface area contributed by atoms with E-state index in [0.717, 1.165) is 21.1 Å². The second-order valence-corrected chi connectivity index (χ2v) is 5.47. The van der Waals surface area contributed by atoms with Gasteiger partial charge in [-0.2, -0.15) is 0 Å². The van der Waals surface area contributed by atoms with E-state index < -0.39 is 6.04 Å². The lowest BCUT2D eigenvalue weighted by atomic mass is 10.1. The lowest BCUT2D eigenvalue weighted by Gasteiger charge is -2.09. The highest BCUT2D eigenvalue weighted by atomic mass is 79.9. The van der Waals surface area contributed by atoms with Crippen molar-refractivity contribution in [1.82, 2.24) is 4.98 Å². The van der Waals surface area contributed by atoms with Gasteiger partial charge in [-0.25, -0.2) is 0 Å². The summed E-state index contributed by atoms with van der Waals surface area (Å²) in [5, 5.41) is 1.61. The molecule has 1 unspecified atom stereocenters. The maximum atomic E-state index is 6.20. The number of nitrogens with two attached hydrogens (primary N) is 1. The highest BCUT2D eigenvalue weighted by Crippen LogP contribution is 2.30. The fourth-order valence-electron chi connectivity index (χ4n) is 1.95. The molecule has 19 heavy (non-hydrogen) atoms. The van der Waals surface area contributed by atoms with Gasteiger partial charge in [0, 0.05) is 21.1 Å². The Kier molecular flexibility index (Phi) is 3.31. The largest absolute Gasteiger partial charge is 0.459 e. The number of benzene rings is 1. The average Bonchev–Trinajstić information content (AvgIpc) is 2.81. The number of pyridine rings is 1. The molecule has 96 valence electrons. The highest BCUT2D eigenvalue weighted by Gasteiger charge is 2.17. The van der Waals surface area contributed by atoms with Crippen molar-refractivity contribution in [3.8, 4) is 0 Å². The van der Waals surface area contributed by atoms with Crippen LogP contribution in [0.1, 0.15) is 17.5 Å². The lowest BCUT2D eigenvalue weighted by Crippen LogP contribution is -2.13. The van der Waals surface area contributed by atoms with Crippen molar-refractivity contribution < 1.29 is 4.42 Å². The number of nitrogens with zero attached hydrogens (tertiary/aromatic N) is 1. The van der Waals surface area contributed by atoms with Crippen molar-refractivity contribution >= 4 is 38.5 Å². The number of hydrogen-bond donors (Lipinski definition) is 1. The molecule has 0 saturated carbocycles. The number of rotatable bonds is 2. The predicted molar refractivity (Wildman–Crippen MR) is 79.2 cm³/mol. The summed E-state index contributed by atoms with van der Waals surface area (Å²) >= 11 is 9.40. The van der Waals surface area contributed by atoms with Gasteiger partial charge in [0.1, 0.15) is 17.4 Å². The molecular formula is C14H10BrClN2O. The number of furan rings is 1. The Morgan fingerprint density at radius 1 is 1.26 bits per heavy atom. The minimum Gasteiger partial charge on any atom is -0.459 e. The van der Waals surface area contributed by atoms with Gasteiger partial charge in [0.05, 0.1) is 5.69 Å². The van der Waals surface area contributed by atoms with Gasteiger partial charge in [-0.05, 0) is 52.3 Å². The second kappa shape index (κ2) is 4.96. The van der Waals surface area contributed by atoms with Crippen LogP contribution in [-0.4, -0.2) is 4.98 Å². The van der Waals surface area contributed by atoms with Crippen LogP contribution in [-0.2, 0) is 0 Å². The summed E-state index contributed by atoms with van der Waals surface area (Å²) in [6, 6.07) is 10.7. The zero-order valence-electron chi connectivity index (χ0n) is 9.81. The summed E-state index contributed by atoms with van der Waals surface area (Å²) in [6.07, 6.45) is 1.71. The van der Waals surface area contributed by atoms with Gasteiger partial charge < -0.3 is 10.2 Å². The fraction of sp³-hybridized carbons (Fsp3) is 0.0714. The SMILES string of the molecule is NC(c1cc2cc(Cl)ccc2o1)c1ncccc1Br. The first kappa shape index (κ1) is 12.7. The molecule has 1 atom stereocenters. The molecule has 3 nitrogen and oxygen atoms in total. The summed E-state index contributed by atoms with van der Waals surface area (Å²) in [6.45, 7) is 0. The molecule has 0 amide bonds. The third kappa shape index (κ3) is 2.39. The van der Waals surface area contributed by atoms with Gasteiger partial charge in [-0.3, -0.25) is 4.98 Å². The van der Waals surface area contributed by atoms with Crippen LogP contribution >= 0.6 is 27.5 Å². The topological polar surface area (TPSA) is 52.0 Å². The van der Waals surface area contributed by atoms with Crippen molar-refractivity contribution in [3.63, 3.8) is 0 Å². The van der Waals surface area contributed by atoms with Crippen molar-refractivity contribution in [2.45, 2.75) is 6.04 Å². The van der Waals surface area contributed by atoms with Gasteiger partial charge in [0.15, 0.2) is 0 Å². The summed E-state index contributed by atoms with van der Waals surface area (Å²) in [7, 11) is 0. The monoisotopic (exact) mass is 336 g/mol. The smallest absolute Gasteiger partial charge is 0.134 e. The standard InChI is InChI=1S/C14H10BrClN2O/c15-10-2-1-5-18-14(10)13(17)12-7-8-6-9(16)3-4-11(8)19-12/h1-7,13H,17H2. The first-order valence-corrected chi connectivity index (χ1v) is 6.87. The third-order valence-electron chi connectivity index (χ3n) is 2.89. The molecule has 3 rings (SSSR count). The quantitative estimate of drug-likeness (QED) is 0.759. The Morgan fingerprint density at radius 3 is 2.89 bits per heavy atom. The van der Waals surface area contributed by atoms with Crippen LogP contribution in [0.4, 0.5) is 0 Å². The maximum Gasteiger partial charge on any atom is 0.134 e. The molecule has 2 aromatic heterocycles. The third-order valence-corrected chi connectivity index (χ3v) is 3.79. The Labute approximate surface area is 123 Å². The van der Waals surface area contributed by atoms with E-state index in [4.69, 9.17) is 21.8 Å². The molecule has 2 heterocycles. The molecule has 0 aliphatic carbocycles. The molecule has 0 aliphatic rings. The molecule has 1 aromatic carbocycles. The van der Waals surface area contributed by atoms with Crippen molar-refractivity contribution in [2.75, 3.05) is 0 Å². The molecule has 0 fully saturated rings. The normalized spacial score (nSPS) is 12.8. The van der Waals surface area contributed by atoms with Crippen LogP contribution in [0.5, 0.6) is 0 Å². The Bertz CT molecular complexity index is 741. The number of hydrogen-bond acceptors (Lipinski definition) is 3. The number of aromatic nitrogens is 1. The summed E-state index contributed by atoms with van der Waals surface area (Å²) in [5.41, 5.74) is 7.71. The fourth-order valence-corrected chi connectivity index (χ4v) is 2.63. The van der Waals surface area contributed by atoms with Crippen LogP contribution in [0.25, 0.3) is 11.0 Å². The van der Waals surface area contributed by atoms with Crippen molar-refractivity contribution in [3.05, 3.63) is 63.5 Å². The minimum atomic E-state index is -0.415. The molecule has 5 heteroatoms. The first-order chi connectivity index (χ1) is 9.15. The highest BCUT2D eigenvalue weighted by molar-refractivity contribution is 9.10. The minimum absolute atomic E-state index is 0.415. The zero-order valence-corrected chi connectivity index (χ0v) is 12.1. The Balaban J connectivity index is 2.07. The van der Waals surface area contributed by atoms with Gasteiger partial charge in [-0.15, -0.1) is 0 Å². The van der Waals surface area contributed by atoms with Crippen LogP contribution < -0.4 is 5.73 Å². The molecule has 0 spiro atoms. The summed E-state index contributed by atoms with van der Waals surface area (Å²) in [4.78, 5) is 4.28. The lowest BCUT2D eigenvalue weighted by molar-refractivity contribution is 0.520. The number of fused-ring (bicyclic) bond motifs is 1. The molecule has 2 N–H and O–H groups in total. The zero-order chi connectivity index (χ0) is 13.4. The molecule has 0 bridgehead atoms. The van der Waals surface area contributed by atoms with Crippen LogP contribution in [0.3, 0.4) is 0 Å². The summed E-state index contributed by atoms with van der Waals surface area (Å²) < 4.78 is 6.61. The van der Waals surface area contributed by atoms with Gasteiger partial charge in [0.25, 0.3) is 0 Å². The van der Waals surface area contributed by atoms with E-state index in [2.05, 4.69) is 20.9 Å². The Hall–Kier alpha value is -1.36. The van der Waals surface area contributed by atoms with Crippen LogP contribution in [0.15, 0.2) is 51.5 Å². The van der Waals surface area contributed by atoms with Gasteiger partial charge >= 0.3 is 0 Å². The summed E-state index contributed by atoms with van der Waals surface area (Å²) in [5.74, 6) is 0.664. The van der Waals surface area contributed by atoms with E-state index in [1.54, 1.807) is 12.3 Å². The maximum absolute atomic E-state index is 6.20. The van der Waals surface area contributed by atoms with E-state index >= 15 is 0 Å². The molecular weight excluding hydrogens is 328 g/mol. The van der Waals surface area contributed by atoms with Crippen molar-refractivity contribution in [1.29, 1.82) is 0 Å². The van der Waals surface area contributed by atoms with Gasteiger partial charge in [-0.1, -0.05) is 11.6 Å². The predicted octanol–water partition coefficient (Wildman–Crippen LogP) is 4.29. The van der Waals surface area contributed by atoms with Crippen LogP contribution in [0, 0.1) is 0 Å². The van der Waals surface area contributed by atoms with E-state index in [-0.39, 0.29) is 0 Å². The van der Waals surface area contributed by atoms with Crippen LogP contribution in [0.2, 0.25) is 5.02 Å². The van der Waals surface area contributed by atoms with E-state index in [1.807, 2.05) is 30.3 Å². The van der Waals surface area contributed by atoms with E-state index in [9.17, 15) is 0 Å².